The van der Waals surface area contributed by atoms with Gasteiger partial charge >= 0.3 is 6.03 Å². The topological polar surface area (TPSA) is 48.1 Å². The SMILES string of the molecule is COc1ccc(NC(=O)N2CCN(c3cc(Cl)ccc3C)CC2)cc1C1CCCCN1C(C)C. The Morgan fingerprint density at radius 2 is 1.82 bits per heavy atom. The van der Waals surface area contributed by atoms with Crippen molar-refractivity contribution < 1.29 is 9.53 Å². The van der Waals surface area contributed by atoms with Crippen molar-refractivity contribution in [2.75, 3.05) is 50.1 Å². The highest BCUT2D eigenvalue weighted by molar-refractivity contribution is 6.30. The quantitative estimate of drug-likeness (QED) is 0.570. The minimum Gasteiger partial charge on any atom is -0.496 e. The number of likely N-dealkylation sites (tertiary alicyclic amines) is 1. The average molecular weight is 485 g/mol. The summed E-state index contributed by atoms with van der Waals surface area (Å²) in [7, 11) is 1.72. The predicted molar refractivity (Wildman–Crippen MR) is 140 cm³/mol. The molecule has 2 heterocycles. The molecule has 2 aromatic carbocycles. The van der Waals surface area contributed by atoms with Crippen LogP contribution in [0.2, 0.25) is 5.02 Å². The van der Waals surface area contributed by atoms with Crippen LogP contribution in [0.25, 0.3) is 0 Å². The lowest BCUT2D eigenvalue weighted by Gasteiger charge is -2.39. The van der Waals surface area contributed by atoms with Gasteiger partial charge in [0.15, 0.2) is 0 Å². The van der Waals surface area contributed by atoms with E-state index in [1.807, 2.05) is 35.2 Å². The second-order valence-electron chi connectivity index (χ2n) is 9.63. The Kier molecular flexibility index (Phi) is 7.89. The van der Waals surface area contributed by atoms with E-state index in [2.05, 4.69) is 42.0 Å². The predicted octanol–water partition coefficient (Wildman–Crippen LogP) is 5.95. The fourth-order valence-electron chi connectivity index (χ4n) is 5.25. The number of aryl methyl sites for hydroxylation is 1. The smallest absolute Gasteiger partial charge is 0.321 e. The second kappa shape index (κ2) is 10.9. The van der Waals surface area contributed by atoms with Crippen LogP contribution < -0.4 is 15.0 Å². The summed E-state index contributed by atoms with van der Waals surface area (Å²) < 4.78 is 5.71. The van der Waals surface area contributed by atoms with Crippen molar-refractivity contribution in [3.8, 4) is 5.75 Å². The third kappa shape index (κ3) is 5.44. The zero-order valence-corrected chi connectivity index (χ0v) is 21.6. The van der Waals surface area contributed by atoms with E-state index in [-0.39, 0.29) is 6.03 Å². The maximum atomic E-state index is 13.1. The number of nitrogens with one attached hydrogen (secondary N) is 1. The molecule has 0 radical (unpaired) electrons. The van der Waals surface area contributed by atoms with Gasteiger partial charge in [-0.05, 0) is 76.1 Å². The van der Waals surface area contributed by atoms with Crippen LogP contribution >= 0.6 is 11.6 Å². The zero-order valence-electron chi connectivity index (χ0n) is 20.8. The molecule has 184 valence electrons. The molecule has 1 unspecified atom stereocenters. The van der Waals surface area contributed by atoms with Crippen LogP contribution in [0.5, 0.6) is 5.75 Å². The minimum absolute atomic E-state index is 0.0528. The van der Waals surface area contributed by atoms with E-state index in [9.17, 15) is 4.79 Å². The summed E-state index contributed by atoms with van der Waals surface area (Å²) in [5.74, 6) is 0.890. The number of carbonyl (C=O) groups is 1. The molecule has 2 saturated heterocycles. The molecule has 2 fully saturated rings. The lowest BCUT2D eigenvalue weighted by molar-refractivity contribution is 0.110. The second-order valence-corrected chi connectivity index (χ2v) is 10.1. The summed E-state index contributed by atoms with van der Waals surface area (Å²) in [6.45, 7) is 10.6. The molecular weight excluding hydrogens is 448 g/mol. The number of methoxy groups -OCH3 is 1. The number of piperazine rings is 1. The highest BCUT2D eigenvalue weighted by Gasteiger charge is 2.29. The Hall–Kier alpha value is -2.44. The lowest BCUT2D eigenvalue weighted by Crippen LogP contribution is -2.50. The van der Waals surface area contributed by atoms with Gasteiger partial charge in [0.25, 0.3) is 0 Å². The van der Waals surface area contributed by atoms with Crippen molar-refractivity contribution in [2.45, 2.75) is 52.1 Å². The van der Waals surface area contributed by atoms with Gasteiger partial charge in [0.05, 0.1) is 7.11 Å². The molecule has 0 spiro atoms. The number of urea groups is 1. The summed E-state index contributed by atoms with van der Waals surface area (Å²) >= 11 is 6.21. The lowest BCUT2D eigenvalue weighted by atomic mass is 9.93. The molecule has 2 aromatic rings. The van der Waals surface area contributed by atoms with E-state index >= 15 is 0 Å². The first-order valence-electron chi connectivity index (χ1n) is 12.4. The van der Waals surface area contributed by atoms with Crippen LogP contribution in [0, 0.1) is 6.92 Å². The summed E-state index contributed by atoms with van der Waals surface area (Å²) in [5, 5.41) is 3.88. The maximum Gasteiger partial charge on any atom is 0.321 e. The Labute approximate surface area is 208 Å². The van der Waals surface area contributed by atoms with Gasteiger partial charge in [-0.25, -0.2) is 4.79 Å². The average Bonchev–Trinajstić information content (AvgIpc) is 2.85. The van der Waals surface area contributed by atoms with Gasteiger partial charge in [-0.2, -0.15) is 0 Å². The largest absolute Gasteiger partial charge is 0.496 e. The zero-order chi connectivity index (χ0) is 24.2. The summed E-state index contributed by atoms with van der Waals surface area (Å²) in [5.41, 5.74) is 4.33. The first-order valence-corrected chi connectivity index (χ1v) is 12.8. The number of hydrogen-bond donors (Lipinski definition) is 1. The molecular formula is C27H37ClN4O2. The van der Waals surface area contributed by atoms with Crippen LogP contribution in [0.15, 0.2) is 36.4 Å². The number of carbonyl (C=O) groups excluding carboxylic acids is 1. The van der Waals surface area contributed by atoms with Gasteiger partial charge < -0.3 is 19.9 Å². The van der Waals surface area contributed by atoms with E-state index in [0.717, 1.165) is 53.8 Å². The molecule has 1 N–H and O–H groups in total. The summed E-state index contributed by atoms with van der Waals surface area (Å²) in [6, 6.07) is 12.7. The first kappa shape index (κ1) is 24.7. The van der Waals surface area contributed by atoms with Gasteiger partial charge in [-0.1, -0.05) is 24.1 Å². The van der Waals surface area contributed by atoms with Crippen molar-refractivity contribution in [2.24, 2.45) is 0 Å². The molecule has 4 rings (SSSR count). The Morgan fingerprint density at radius 1 is 1.06 bits per heavy atom. The van der Waals surface area contributed by atoms with E-state index < -0.39 is 0 Å². The number of amides is 2. The molecule has 0 bridgehead atoms. The van der Waals surface area contributed by atoms with E-state index in [1.165, 1.54) is 18.4 Å². The summed E-state index contributed by atoms with van der Waals surface area (Å²) in [4.78, 5) is 19.8. The highest BCUT2D eigenvalue weighted by Crippen LogP contribution is 2.38. The number of piperidine rings is 1. The van der Waals surface area contributed by atoms with Crippen molar-refractivity contribution in [3.05, 3.63) is 52.5 Å². The number of anilines is 2. The molecule has 6 nitrogen and oxygen atoms in total. The van der Waals surface area contributed by atoms with Gasteiger partial charge in [0, 0.05) is 60.2 Å². The molecule has 0 aromatic heterocycles. The van der Waals surface area contributed by atoms with Crippen LogP contribution in [0.3, 0.4) is 0 Å². The van der Waals surface area contributed by atoms with E-state index in [0.29, 0.717) is 25.2 Å². The van der Waals surface area contributed by atoms with E-state index in [4.69, 9.17) is 16.3 Å². The first-order chi connectivity index (χ1) is 16.4. The molecule has 34 heavy (non-hydrogen) atoms. The number of ether oxygens (including phenoxy) is 1. The molecule has 1 atom stereocenters. The molecule has 0 saturated carbocycles. The fourth-order valence-corrected chi connectivity index (χ4v) is 5.42. The van der Waals surface area contributed by atoms with Gasteiger partial charge in [0.1, 0.15) is 5.75 Å². The van der Waals surface area contributed by atoms with Crippen molar-refractivity contribution in [1.29, 1.82) is 0 Å². The number of benzene rings is 2. The number of nitrogens with zero attached hydrogens (tertiary/aromatic N) is 3. The number of halogens is 1. The molecule has 2 amide bonds. The van der Waals surface area contributed by atoms with Crippen LogP contribution in [0.1, 0.15) is 50.3 Å². The molecule has 7 heteroatoms. The minimum atomic E-state index is -0.0528. The molecule has 2 aliphatic heterocycles. The normalized spacial score (nSPS) is 19.4. The van der Waals surface area contributed by atoms with Crippen molar-refractivity contribution in [3.63, 3.8) is 0 Å². The van der Waals surface area contributed by atoms with Crippen LogP contribution in [-0.4, -0.2) is 61.7 Å². The number of rotatable bonds is 5. The fraction of sp³-hybridized carbons (Fsp3) is 0.519. The van der Waals surface area contributed by atoms with Crippen molar-refractivity contribution in [1.82, 2.24) is 9.80 Å². The van der Waals surface area contributed by atoms with Crippen molar-refractivity contribution >= 4 is 29.0 Å². The maximum absolute atomic E-state index is 13.1. The number of hydrogen-bond acceptors (Lipinski definition) is 4. The molecule has 2 aliphatic rings. The van der Waals surface area contributed by atoms with Gasteiger partial charge in [-0.15, -0.1) is 0 Å². The van der Waals surface area contributed by atoms with Crippen LogP contribution in [0.4, 0.5) is 16.2 Å². The Bertz CT molecular complexity index is 1000. The van der Waals surface area contributed by atoms with Gasteiger partial charge in [-0.3, -0.25) is 4.90 Å². The highest BCUT2D eigenvalue weighted by atomic mass is 35.5. The van der Waals surface area contributed by atoms with E-state index in [1.54, 1.807) is 7.11 Å². The standard InChI is InChI=1S/C27H37ClN4O2/c1-19(2)32-12-6-5-7-24(32)23-18-22(10-11-26(23)34-4)29-27(33)31-15-13-30(14-16-31)25-17-21(28)9-8-20(25)3/h8-11,17-19,24H,5-7,12-16H2,1-4H3,(H,29,33). The Morgan fingerprint density at radius 3 is 2.53 bits per heavy atom. The third-order valence-electron chi connectivity index (χ3n) is 7.13. The monoisotopic (exact) mass is 484 g/mol. The van der Waals surface area contributed by atoms with Gasteiger partial charge in [0.2, 0.25) is 0 Å². The Balaban J connectivity index is 1.43. The third-order valence-corrected chi connectivity index (χ3v) is 7.36. The molecule has 0 aliphatic carbocycles. The summed E-state index contributed by atoms with van der Waals surface area (Å²) in [6.07, 6.45) is 3.55. The van der Waals surface area contributed by atoms with Crippen LogP contribution in [-0.2, 0) is 0 Å².